The van der Waals surface area contributed by atoms with Crippen molar-refractivity contribution in [3.05, 3.63) is 74.8 Å². The summed E-state index contributed by atoms with van der Waals surface area (Å²) < 4.78 is 10.6. The van der Waals surface area contributed by atoms with Gasteiger partial charge in [-0.25, -0.2) is 4.79 Å². The molecule has 4 rings (SSSR count). The van der Waals surface area contributed by atoms with E-state index in [2.05, 4.69) is 6.07 Å². The molecule has 0 saturated heterocycles. The first-order valence-corrected chi connectivity index (χ1v) is 9.15. The Labute approximate surface area is 160 Å². The maximum absolute atomic E-state index is 12.3. The zero-order valence-corrected chi connectivity index (χ0v) is 15.6. The number of ether oxygens (including phenoxy) is 2. The van der Waals surface area contributed by atoms with Crippen LogP contribution in [0.2, 0.25) is 0 Å². The molecule has 1 aliphatic heterocycles. The Balaban J connectivity index is 2.03. The summed E-state index contributed by atoms with van der Waals surface area (Å²) in [5.41, 5.74) is 7.74. The van der Waals surface area contributed by atoms with E-state index in [1.165, 1.54) is 18.4 Å². The zero-order chi connectivity index (χ0) is 19.1. The van der Waals surface area contributed by atoms with Gasteiger partial charge in [-0.3, -0.25) is 0 Å². The van der Waals surface area contributed by atoms with Gasteiger partial charge in [0.1, 0.15) is 17.2 Å². The maximum atomic E-state index is 12.3. The number of nitrogens with zero attached hydrogens (tertiary/aromatic N) is 1. The fourth-order valence-electron chi connectivity index (χ4n) is 3.53. The Morgan fingerprint density at radius 3 is 2.74 bits per heavy atom. The quantitative estimate of drug-likeness (QED) is 0.677. The Hall–Kier alpha value is -3.30. The average Bonchev–Trinajstić information content (AvgIpc) is 3.01. The fraction of sp³-hybridized carbons (Fsp3) is 0.143. The van der Waals surface area contributed by atoms with Crippen molar-refractivity contribution in [2.24, 2.45) is 5.73 Å². The minimum absolute atomic E-state index is 0.0193. The highest BCUT2D eigenvalue weighted by Gasteiger charge is 2.37. The second-order valence-electron chi connectivity index (χ2n) is 6.21. The van der Waals surface area contributed by atoms with Gasteiger partial charge in [-0.05, 0) is 23.3 Å². The molecule has 134 valence electrons. The Bertz CT molecular complexity index is 1150. The second-order valence-corrected chi connectivity index (χ2v) is 7.47. The molecule has 0 bridgehead atoms. The van der Waals surface area contributed by atoms with Crippen molar-refractivity contribution in [1.82, 2.24) is 0 Å². The molecular weight excluding hydrogens is 360 g/mol. The highest BCUT2D eigenvalue weighted by atomic mass is 32.1. The minimum atomic E-state index is -0.477. The molecule has 27 heavy (non-hydrogen) atoms. The van der Waals surface area contributed by atoms with Gasteiger partial charge in [0.05, 0.1) is 17.9 Å². The molecule has 1 unspecified atom stereocenters. The number of esters is 1. The van der Waals surface area contributed by atoms with E-state index in [1.54, 1.807) is 0 Å². The van der Waals surface area contributed by atoms with Crippen LogP contribution in [-0.2, 0) is 4.74 Å². The summed E-state index contributed by atoms with van der Waals surface area (Å²) in [6.45, 7) is 1.83. The van der Waals surface area contributed by atoms with Gasteiger partial charge in [-0.2, -0.15) is 5.26 Å². The van der Waals surface area contributed by atoms with Crippen LogP contribution in [0, 0.1) is 18.3 Å². The van der Waals surface area contributed by atoms with E-state index in [9.17, 15) is 10.1 Å². The number of hydrogen-bond acceptors (Lipinski definition) is 6. The van der Waals surface area contributed by atoms with Crippen molar-refractivity contribution < 1.29 is 14.3 Å². The molecule has 0 saturated carbocycles. The van der Waals surface area contributed by atoms with Crippen LogP contribution < -0.4 is 10.5 Å². The lowest BCUT2D eigenvalue weighted by molar-refractivity contribution is 0.0597. The van der Waals surface area contributed by atoms with Crippen molar-refractivity contribution in [3.63, 3.8) is 0 Å². The highest BCUT2D eigenvalue weighted by molar-refractivity contribution is 7.12. The zero-order valence-electron chi connectivity index (χ0n) is 14.8. The van der Waals surface area contributed by atoms with Crippen LogP contribution in [0.5, 0.6) is 5.75 Å². The van der Waals surface area contributed by atoms with Crippen LogP contribution in [0.1, 0.15) is 31.6 Å². The van der Waals surface area contributed by atoms with Crippen LogP contribution in [0.3, 0.4) is 0 Å². The largest absolute Gasteiger partial charge is 0.465 e. The normalized spacial score (nSPS) is 15.8. The van der Waals surface area contributed by atoms with E-state index in [0.717, 1.165) is 26.1 Å². The SMILES string of the molecule is COC(=O)c1c(C)sc2c1OC(N)=C(C#N)C2c1cccc2ccccc12. The Morgan fingerprint density at radius 2 is 2.00 bits per heavy atom. The number of rotatable bonds is 2. The van der Waals surface area contributed by atoms with Gasteiger partial charge in [-0.15, -0.1) is 11.3 Å². The van der Waals surface area contributed by atoms with E-state index >= 15 is 0 Å². The van der Waals surface area contributed by atoms with Crippen LogP contribution in [0.4, 0.5) is 0 Å². The molecule has 1 aromatic heterocycles. The molecule has 1 aliphatic rings. The number of aryl methyl sites for hydroxylation is 1. The van der Waals surface area contributed by atoms with Crippen molar-refractivity contribution in [3.8, 4) is 11.8 Å². The second kappa shape index (κ2) is 6.45. The first-order valence-electron chi connectivity index (χ1n) is 8.33. The molecule has 2 heterocycles. The Morgan fingerprint density at radius 1 is 1.26 bits per heavy atom. The number of carbonyl (C=O) groups is 1. The summed E-state index contributed by atoms with van der Waals surface area (Å²) >= 11 is 1.43. The third-order valence-corrected chi connectivity index (χ3v) is 5.89. The molecule has 0 radical (unpaired) electrons. The number of methoxy groups -OCH3 is 1. The summed E-state index contributed by atoms with van der Waals surface area (Å²) in [5, 5.41) is 11.9. The standard InChI is InChI=1S/C21H16N2O3S/c1-11-16(21(24)25-2)18-19(27-11)17(15(10-22)20(23)26-18)14-9-5-7-12-6-3-4-8-13(12)14/h3-9,17H,23H2,1-2H3. The molecule has 0 fully saturated rings. The van der Waals surface area contributed by atoms with E-state index in [1.807, 2.05) is 49.4 Å². The molecule has 6 heteroatoms. The van der Waals surface area contributed by atoms with Crippen LogP contribution in [0.25, 0.3) is 10.8 Å². The van der Waals surface area contributed by atoms with E-state index < -0.39 is 11.9 Å². The van der Waals surface area contributed by atoms with Gasteiger partial charge >= 0.3 is 5.97 Å². The van der Waals surface area contributed by atoms with Crippen LogP contribution >= 0.6 is 11.3 Å². The summed E-state index contributed by atoms with van der Waals surface area (Å²) in [7, 11) is 1.33. The van der Waals surface area contributed by atoms with Gasteiger partial charge < -0.3 is 15.2 Å². The first-order chi connectivity index (χ1) is 13.1. The lowest BCUT2D eigenvalue weighted by Crippen LogP contribution is -2.21. The summed E-state index contributed by atoms with van der Waals surface area (Å²) in [6.07, 6.45) is 0. The highest BCUT2D eigenvalue weighted by Crippen LogP contribution is 2.50. The van der Waals surface area contributed by atoms with Crippen molar-refractivity contribution in [2.45, 2.75) is 12.8 Å². The number of hydrogen-bond donors (Lipinski definition) is 1. The van der Waals surface area contributed by atoms with Gasteiger partial charge in [0.15, 0.2) is 5.75 Å². The number of carbonyl (C=O) groups excluding carboxylic acids is 1. The monoisotopic (exact) mass is 376 g/mol. The van der Waals surface area contributed by atoms with Crippen LogP contribution in [0.15, 0.2) is 53.9 Å². The number of thiophene rings is 1. The molecular formula is C21H16N2O3S. The average molecular weight is 376 g/mol. The smallest absolute Gasteiger partial charge is 0.342 e. The number of allylic oxidation sites excluding steroid dienone is 1. The summed E-state index contributed by atoms with van der Waals surface area (Å²) in [5.74, 6) is -0.466. The molecule has 0 spiro atoms. The summed E-state index contributed by atoms with van der Waals surface area (Å²) in [6, 6.07) is 16.2. The molecule has 1 atom stereocenters. The topological polar surface area (TPSA) is 85.3 Å². The van der Waals surface area contributed by atoms with Crippen molar-refractivity contribution in [1.29, 1.82) is 5.26 Å². The number of benzene rings is 2. The lowest BCUT2D eigenvalue weighted by atomic mass is 9.85. The van der Waals surface area contributed by atoms with Gasteiger partial charge in [0, 0.05) is 4.88 Å². The van der Waals surface area contributed by atoms with E-state index in [0.29, 0.717) is 16.9 Å². The van der Waals surface area contributed by atoms with Gasteiger partial charge in [-0.1, -0.05) is 42.5 Å². The van der Waals surface area contributed by atoms with Crippen LogP contribution in [-0.4, -0.2) is 13.1 Å². The predicted molar refractivity (Wildman–Crippen MR) is 104 cm³/mol. The fourth-order valence-corrected chi connectivity index (χ4v) is 4.74. The minimum Gasteiger partial charge on any atom is -0.465 e. The van der Waals surface area contributed by atoms with Crippen molar-refractivity contribution >= 4 is 28.1 Å². The number of fused-ring (bicyclic) bond motifs is 2. The lowest BCUT2D eigenvalue weighted by Gasteiger charge is -2.25. The third-order valence-electron chi connectivity index (χ3n) is 4.74. The first kappa shape index (κ1) is 17.1. The Kier molecular flexibility index (Phi) is 4.09. The molecule has 5 nitrogen and oxygen atoms in total. The predicted octanol–water partition coefficient (Wildman–Crippen LogP) is 4.21. The number of nitriles is 1. The number of nitrogens with two attached hydrogens (primary N) is 1. The van der Waals surface area contributed by atoms with E-state index in [4.69, 9.17) is 15.2 Å². The van der Waals surface area contributed by atoms with Crippen molar-refractivity contribution in [2.75, 3.05) is 7.11 Å². The third kappa shape index (κ3) is 2.56. The molecule has 0 aliphatic carbocycles. The molecule has 2 aromatic carbocycles. The molecule has 2 N–H and O–H groups in total. The summed E-state index contributed by atoms with van der Waals surface area (Å²) in [4.78, 5) is 13.8. The van der Waals surface area contributed by atoms with Gasteiger partial charge in [0.25, 0.3) is 0 Å². The van der Waals surface area contributed by atoms with Gasteiger partial charge in [0.2, 0.25) is 5.88 Å². The van der Waals surface area contributed by atoms with E-state index in [-0.39, 0.29) is 5.88 Å². The molecule has 0 amide bonds. The molecule has 3 aromatic rings. The maximum Gasteiger partial charge on any atom is 0.342 e.